The average Bonchev–Trinajstić information content (AvgIpc) is 3.13. The summed E-state index contributed by atoms with van der Waals surface area (Å²) in [6, 6.07) is 8.18. The van der Waals surface area contributed by atoms with Gasteiger partial charge < -0.3 is 10.6 Å². The van der Waals surface area contributed by atoms with Gasteiger partial charge >= 0.3 is 0 Å². The van der Waals surface area contributed by atoms with Crippen LogP contribution in [-0.4, -0.2) is 19.0 Å². The normalized spacial score (nSPS) is 23.9. The molecule has 1 spiro atoms. The molecule has 0 aromatic heterocycles. The minimum atomic E-state index is -0.325. The van der Waals surface area contributed by atoms with Crippen LogP contribution in [0.4, 0.5) is 0 Å². The van der Waals surface area contributed by atoms with Crippen LogP contribution in [0.2, 0.25) is 0 Å². The molecule has 0 bridgehead atoms. The van der Waals surface area contributed by atoms with Gasteiger partial charge in [-0.15, -0.1) is 0 Å². The van der Waals surface area contributed by atoms with Crippen molar-refractivity contribution in [2.24, 2.45) is 11.3 Å². The van der Waals surface area contributed by atoms with Crippen LogP contribution in [0.1, 0.15) is 38.7 Å². The van der Waals surface area contributed by atoms with E-state index in [2.05, 4.69) is 52.5 Å². The molecule has 2 fully saturated rings. The van der Waals surface area contributed by atoms with Crippen molar-refractivity contribution in [3.63, 3.8) is 0 Å². The van der Waals surface area contributed by atoms with E-state index in [-0.39, 0.29) is 17.4 Å². The quantitative estimate of drug-likeness (QED) is 0.878. The minimum absolute atomic E-state index is 0.217. The third kappa shape index (κ3) is 3.02. The van der Waals surface area contributed by atoms with Crippen molar-refractivity contribution in [1.29, 1.82) is 0 Å². The Morgan fingerprint density at radius 3 is 2.52 bits per heavy atom. The first-order valence-corrected chi connectivity index (χ1v) is 8.51. The second kappa shape index (κ2) is 5.40. The Morgan fingerprint density at radius 1 is 1.29 bits per heavy atom. The van der Waals surface area contributed by atoms with Gasteiger partial charge in [-0.3, -0.25) is 4.79 Å². The van der Waals surface area contributed by atoms with Crippen LogP contribution in [0, 0.1) is 11.3 Å². The number of halogens is 1. The Bertz CT molecular complexity index is 532. The highest BCUT2D eigenvalue weighted by molar-refractivity contribution is 9.10. The third-order valence-electron chi connectivity index (χ3n) is 5.11. The summed E-state index contributed by atoms with van der Waals surface area (Å²) in [6.45, 7) is 6.26. The highest BCUT2D eigenvalue weighted by Gasteiger charge is 2.58. The Balaban J connectivity index is 1.65. The van der Waals surface area contributed by atoms with Crippen molar-refractivity contribution < 1.29 is 4.79 Å². The summed E-state index contributed by atoms with van der Waals surface area (Å²) in [5.74, 6) is 0.444. The average molecular weight is 351 g/mol. The van der Waals surface area contributed by atoms with Gasteiger partial charge in [0.15, 0.2) is 0 Å². The molecule has 1 saturated heterocycles. The van der Waals surface area contributed by atoms with Crippen LogP contribution in [-0.2, 0) is 10.3 Å². The lowest BCUT2D eigenvalue weighted by Crippen LogP contribution is -2.43. The fourth-order valence-corrected chi connectivity index (χ4v) is 3.79. The molecule has 1 aliphatic carbocycles. The van der Waals surface area contributed by atoms with Gasteiger partial charge in [0.05, 0.1) is 5.54 Å². The molecule has 2 aliphatic rings. The summed E-state index contributed by atoms with van der Waals surface area (Å²) in [5, 5.41) is 6.63. The van der Waals surface area contributed by atoms with Crippen molar-refractivity contribution >= 4 is 21.8 Å². The highest BCUT2D eigenvalue weighted by atomic mass is 79.9. The van der Waals surface area contributed by atoms with E-state index in [9.17, 15) is 4.79 Å². The molecule has 1 atom stereocenters. The molecule has 1 unspecified atom stereocenters. The molecule has 1 saturated carbocycles. The number of piperidine rings is 1. The Labute approximate surface area is 135 Å². The third-order valence-corrected chi connectivity index (χ3v) is 5.64. The van der Waals surface area contributed by atoms with E-state index in [1.165, 1.54) is 0 Å². The molecule has 1 amide bonds. The molecule has 114 valence electrons. The lowest BCUT2D eigenvalue weighted by molar-refractivity contribution is -0.125. The summed E-state index contributed by atoms with van der Waals surface area (Å²) in [4.78, 5) is 12.6. The van der Waals surface area contributed by atoms with Gasteiger partial charge in [-0.05, 0) is 69.3 Å². The first-order chi connectivity index (χ1) is 9.93. The van der Waals surface area contributed by atoms with Gasteiger partial charge in [-0.25, -0.2) is 0 Å². The lowest BCUT2D eigenvalue weighted by atomic mass is 9.90. The number of hydrogen-bond donors (Lipinski definition) is 2. The van der Waals surface area contributed by atoms with Crippen molar-refractivity contribution in [1.82, 2.24) is 10.6 Å². The van der Waals surface area contributed by atoms with Crippen LogP contribution in [0.3, 0.4) is 0 Å². The van der Waals surface area contributed by atoms with Gasteiger partial charge in [0.2, 0.25) is 5.91 Å². The number of rotatable bonds is 3. The van der Waals surface area contributed by atoms with E-state index in [0.717, 1.165) is 42.4 Å². The van der Waals surface area contributed by atoms with Gasteiger partial charge in [0.25, 0.3) is 0 Å². The number of carbonyl (C=O) groups is 1. The molecule has 21 heavy (non-hydrogen) atoms. The van der Waals surface area contributed by atoms with Crippen molar-refractivity contribution in [2.75, 3.05) is 13.1 Å². The van der Waals surface area contributed by atoms with Crippen LogP contribution in [0.15, 0.2) is 28.7 Å². The molecule has 3 rings (SSSR count). The molecular weight excluding hydrogens is 328 g/mol. The number of hydrogen-bond acceptors (Lipinski definition) is 2. The fourth-order valence-electron chi connectivity index (χ4n) is 3.53. The van der Waals surface area contributed by atoms with E-state index < -0.39 is 0 Å². The SMILES string of the molecule is CC(C)(NC(=O)C1CC12CCNCC2)c1ccc(Br)cc1. The van der Waals surface area contributed by atoms with E-state index in [1.807, 2.05) is 12.1 Å². The second-order valence-corrected chi connectivity index (χ2v) is 7.91. The fraction of sp³-hybridized carbons (Fsp3) is 0.588. The Morgan fingerprint density at radius 2 is 1.90 bits per heavy atom. The summed E-state index contributed by atoms with van der Waals surface area (Å²) in [7, 11) is 0. The number of carbonyl (C=O) groups excluding carboxylic acids is 1. The molecule has 4 heteroatoms. The van der Waals surface area contributed by atoms with Gasteiger partial charge in [0.1, 0.15) is 0 Å². The maximum atomic E-state index is 12.6. The lowest BCUT2D eigenvalue weighted by Gasteiger charge is -2.29. The predicted octanol–water partition coefficient (Wildman–Crippen LogP) is 3.19. The summed E-state index contributed by atoms with van der Waals surface area (Å²) < 4.78 is 1.06. The first-order valence-electron chi connectivity index (χ1n) is 7.72. The maximum Gasteiger partial charge on any atom is 0.224 e. The molecule has 1 aromatic rings. The standard InChI is InChI=1S/C17H23BrN2O/c1-16(2,12-3-5-13(18)6-4-12)20-15(21)14-11-17(14)7-9-19-10-8-17/h3-6,14,19H,7-11H2,1-2H3,(H,20,21). The van der Waals surface area contributed by atoms with Crippen molar-refractivity contribution in [2.45, 2.75) is 38.6 Å². The Hall–Kier alpha value is -0.870. The summed E-state index contributed by atoms with van der Waals surface area (Å²) >= 11 is 3.45. The Kier molecular flexibility index (Phi) is 3.87. The summed E-state index contributed by atoms with van der Waals surface area (Å²) in [5.41, 5.74) is 1.11. The van der Waals surface area contributed by atoms with Gasteiger partial charge in [-0.2, -0.15) is 0 Å². The van der Waals surface area contributed by atoms with Crippen molar-refractivity contribution in [3.05, 3.63) is 34.3 Å². The zero-order valence-corrected chi connectivity index (χ0v) is 14.3. The highest BCUT2D eigenvalue weighted by Crippen LogP contribution is 2.58. The van der Waals surface area contributed by atoms with Crippen LogP contribution >= 0.6 is 15.9 Å². The smallest absolute Gasteiger partial charge is 0.224 e. The molecule has 1 heterocycles. The molecule has 1 aromatic carbocycles. The van der Waals surface area contributed by atoms with Crippen molar-refractivity contribution in [3.8, 4) is 0 Å². The van der Waals surface area contributed by atoms with E-state index in [4.69, 9.17) is 0 Å². The largest absolute Gasteiger partial charge is 0.347 e. The number of benzene rings is 1. The summed E-state index contributed by atoms with van der Waals surface area (Å²) in [6.07, 6.45) is 3.35. The van der Waals surface area contributed by atoms with E-state index in [0.29, 0.717) is 5.41 Å². The second-order valence-electron chi connectivity index (χ2n) is 6.99. The number of amides is 1. The topological polar surface area (TPSA) is 41.1 Å². The molecule has 0 radical (unpaired) electrons. The number of nitrogens with one attached hydrogen (secondary N) is 2. The monoisotopic (exact) mass is 350 g/mol. The van der Waals surface area contributed by atoms with E-state index in [1.54, 1.807) is 0 Å². The van der Waals surface area contributed by atoms with Crippen LogP contribution in [0.25, 0.3) is 0 Å². The zero-order chi connectivity index (χ0) is 15.1. The van der Waals surface area contributed by atoms with Crippen LogP contribution in [0.5, 0.6) is 0 Å². The van der Waals surface area contributed by atoms with Gasteiger partial charge in [0, 0.05) is 10.4 Å². The first kappa shape index (κ1) is 15.0. The predicted molar refractivity (Wildman–Crippen MR) is 88.0 cm³/mol. The van der Waals surface area contributed by atoms with Gasteiger partial charge in [-0.1, -0.05) is 28.1 Å². The van der Waals surface area contributed by atoms with Crippen LogP contribution < -0.4 is 10.6 Å². The molecule has 3 nitrogen and oxygen atoms in total. The molecular formula is C17H23BrN2O. The zero-order valence-electron chi connectivity index (χ0n) is 12.7. The molecule has 2 N–H and O–H groups in total. The molecule has 1 aliphatic heterocycles. The van der Waals surface area contributed by atoms with E-state index >= 15 is 0 Å². The maximum absolute atomic E-state index is 12.6. The minimum Gasteiger partial charge on any atom is -0.347 e.